The van der Waals surface area contributed by atoms with Crippen molar-refractivity contribution in [2.24, 2.45) is 5.73 Å². The van der Waals surface area contributed by atoms with E-state index in [4.69, 9.17) is 10.5 Å². The molecule has 0 fully saturated rings. The molecule has 0 aliphatic rings. The maximum atomic E-state index is 12.6. The first-order valence-electron chi connectivity index (χ1n) is 9.54. The number of aryl methyl sites for hydroxylation is 1. The monoisotopic (exact) mass is 409 g/mol. The second kappa shape index (κ2) is 9.32. The molecule has 3 N–H and O–H groups in total. The van der Waals surface area contributed by atoms with E-state index in [0.717, 1.165) is 10.2 Å². The van der Waals surface area contributed by atoms with Gasteiger partial charge in [-0.05, 0) is 37.1 Å². The smallest absolute Gasteiger partial charge is 0.274 e. The van der Waals surface area contributed by atoms with Crippen LogP contribution >= 0.6 is 0 Å². The van der Waals surface area contributed by atoms with Gasteiger partial charge >= 0.3 is 0 Å². The standard InChI is InChI=1S/C22H23N3O5/c1-14(26)6-7-15-8-10-17(11-9-15)30-13-16(27)12-25-22(29)19-5-3-2-4-18(19)20(24-25)21(23)28/h2-5,8-11,16,27H,6-7,12-13H2,1H3,(H2,23,28). The highest BCUT2D eigenvalue weighted by molar-refractivity contribution is 6.03. The number of benzene rings is 2. The number of nitrogens with two attached hydrogens (primary N) is 1. The Bertz CT molecular complexity index is 1120. The Kier molecular flexibility index (Phi) is 6.58. The topological polar surface area (TPSA) is 125 Å². The number of primary amides is 1. The first-order valence-corrected chi connectivity index (χ1v) is 9.54. The van der Waals surface area contributed by atoms with Gasteiger partial charge in [-0.1, -0.05) is 30.3 Å². The summed E-state index contributed by atoms with van der Waals surface area (Å²) in [5.74, 6) is -0.0664. The second-order valence-electron chi connectivity index (χ2n) is 7.06. The van der Waals surface area contributed by atoms with Gasteiger partial charge in [0, 0.05) is 11.8 Å². The number of ether oxygens (including phenoxy) is 1. The van der Waals surface area contributed by atoms with Crippen molar-refractivity contribution in [3.8, 4) is 5.75 Å². The van der Waals surface area contributed by atoms with Crippen LogP contribution in [-0.2, 0) is 17.8 Å². The van der Waals surface area contributed by atoms with Crippen LogP contribution < -0.4 is 16.0 Å². The Morgan fingerprint density at radius 1 is 1.13 bits per heavy atom. The van der Waals surface area contributed by atoms with Crippen molar-refractivity contribution < 1.29 is 19.4 Å². The van der Waals surface area contributed by atoms with Crippen LogP contribution in [0.25, 0.3) is 10.8 Å². The molecule has 2 aromatic carbocycles. The highest BCUT2D eigenvalue weighted by Crippen LogP contribution is 2.15. The average Bonchev–Trinajstić information content (AvgIpc) is 2.73. The molecule has 0 aliphatic carbocycles. The molecule has 0 saturated heterocycles. The molecule has 8 nitrogen and oxygen atoms in total. The summed E-state index contributed by atoms with van der Waals surface area (Å²) in [5.41, 5.74) is 5.95. The number of fused-ring (bicyclic) bond motifs is 1. The van der Waals surface area contributed by atoms with Crippen LogP contribution in [0.5, 0.6) is 5.75 Å². The molecule has 0 saturated carbocycles. The van der Waals surface area contributed by atoms with Gasteiger partial charge in [-0.25, -0.2) is 4.68 Å². The van der Waals surface area contributed by atoms with Crippen LogP contribution in [0.15, 0.2) is 53.3 Å². The van der Waals surface area contributed by atoms with E-state index in [1.165, 1.54) is 0 Å². The van der Waals surface area contributed by atoms with E-state index < -0.39 is 17.6 Å². The number of Topliss-reactive ketones (excluding diaryl/α,β-unsaturated/α-hetero) is 1. The molecule has 1 heterocycles. The third kappa shape index (κ3) is 5.09. The zero-order valence-corrected chi connectivity index (χ0v) is 16.6. The Morgan fingerprint density at radius 3 is 2.43 bits per heavy atom. The summed E-state index contributed by atoms with van der Waals surface area (Å²) >= 11 is 0. The van der Waals surface area contributed by atoms with E-state index in [1.807, 2.05) is 12.1 Å². The van der Waals surface area contributed by atoms with Gasteiger partial charge in [-0.3, -0.25) is 9.59 Å². The molecule has 0 spiro atoms. The van der Waals surface area contributed by atoms with Crippen molar-refractivity contribution in [1.82, 2.24) is 9.78 Å². The minimum Gasteiger partial charge on any atom is -0.491 e. The van der Waals surface area contributed by atoms with Crippen molar-refractivity contribution in [3.05, 3.63) is 70.1 Å². The lowest BCUT2D eigenvalue weighted by molar-refractivity contribution is -0.116. The number of hydrogen-bond acceptors (Lipinski definition) is 6. The maximum absolute atomic E-state index is 12.6. The summed E-state index contributed by atoms with van der Waals surface area (Å²) in [5, 5.41) is 15.0. The molecular formula is C22H23N3O5. The Balaban J connectivity index is 1.68. The van der Waals surface area contributed by atoms with Crippen molar-refractivity contribution in [2.45, 2.75) is 32.4 Å². The molecule has 1 amide bonds. The van der Waals surface area contributed by atoms with Crippen molar-refractivity contribution in [3.63, 3.8) is 0 Å². The minimum atomic E-state index is -1.03. The summed E-state index contributed by atoms with van der Waals surface area (Å²) in [7, 11) is 0. The van der Waals surface area contributed by atoms with Crippen LogP contribution in [0.1, 0.15) is 29.4 Å². The Labute approximate surface area is 172 Å². The summed E-state index contributed by atoms with van der Waals surface area (Å²) < 4.78 is 6.60. The molecule has 0 aliphatic heterocycles. The average molecular weight is 409 g/mol. The number of hydrogen-bond donors (Lipinski definition) is 2. The van der Waals surface area contributed by atoms with Crippen LogP contribution in [-0.4, -0.2) is 39.3 Å². The van der Waals surface area contributed by atoms with Crippen LogP contribution in [0.3, 0.4) is 0 Å². The fourth-order valence-corrected chi connectivity index (χ4v) is 3.06. The zero-order valence-electron chi connectivity index (χ0n) is 16.6. The molecule has 8 heteroatoms. The molecule has 1 atom stereocenters. The van der Waals surface area contributed by atoms with Crippen molar-refractivity contribution in [2.75, 3.05) is 6.61 Å². The van der Waals surface area contributed by atoms with Gasteiger partial charge in [-0.15, -0.1) is 0 Å². The van der Waals surface area contributed by atoms with Crippen LogP contribution in [0.4, 0.5) is 0 Å². The fourth-order valence-electron chi connectivity index (χ4n) is 3.06. The molecule has 0 bridgehead atoms. The molecule has 156 valence electrons. The van der Waals surface area contributed by atoms with Gasteiger partial charge in [0.25, 0.3) is 11.5 Å². The number of rotatable bonds is 9. The van der Waals surface area contributed by atoms with Gasteiger partial charge in [0.1, 0.15) is 24.2 Å². The molecule has 3 rings (SSSR count). The van der Waals surface area contributed by atoms with Gasteiger partial charge < -0.3 is 20.4 Å². The number of nitrogens with zero attached hydrogens (tertiary/aromatic N) is 2. The molecule has 0 radical (unpaired) electrons. The van der Waals surface area contributed by atoms with Gasteiger partial charge in [0.2, 0.25) is 0 Å². The van der Waals surface area contributed by atoms with Crippen LogP contribution in [0.2, 0.25) is 0 Å². The highest BCUT2D eigenvalue weighted by Gasteiger charge is 2.16. The summed E-state index contributed by atoms with van der Waals surface area (Å²) in [4.78, 5) is 35.4. The van der Waals surface area contributed by atoms with E-state index >= 15 is 0 Å². The molecule has 1 aromatic heterocycles. The number of amides is 1. The van der Waals surface area contributed by atoms with Gasteiger partial charge in [-0.2, -0.15) is 5.10 Å². The number of aromatic nitrogens is 2. The van der Waals surface area contributed by atoms with E-state index in [2.05, 4.69) is 5.10 Å². The van der Waals surface area contributed by atoms with E-state index in [-0.39, 0.29) is 24.6 Å². The molecule has 1 unspecified atom stereocenters. The minimum absolute atomic E-state index is 0.0283. The fraction of sp³-hybridized carbons (Fsp3) is 0.273. The molecular weight excluding hydrogens is 386 g/mol. The number of carbonyl (C=O) groups excluding carboxylic acids is 2. The summed E-state index contributed by atoms with van der Waals surface area (Å²) in [6.07, 6.45) is 0.117. The zero-order chi connectivity index (χ0) is 21.7. The second-order valence-corrected chi connectivity index (χ2v) is 7.06. The predicted octanol–water partition coefficient (Wildman–Crippen LogP) is 1.46. The lowest BCUT2D eigenvalue weighted by Crippen LogP contribution is -2.34. The third-order valence-corrected chi connectivity index (χ3v) is 4.62. The lowest BCUT2D eigenvalue weighted by atomic mass is 10.1. The van der Waals surface area contributed by atoms with Gasteiger partial charge in [0.05, 0.1) is 11.9 Å². The number of aliphatic hydroxyl groups excluding tert-OH is 1. The normalized spacial score (nSPS) is 11.9. The largest absolute Gasteiger partial charge is 0.491 e. The molecule has 30 heavy (non-hydrogen) atoms. The van der Waals surface area contributed by atoms with Crippen LogP contribution in [0, 0.1) is 0 Å². The van der Waals surface area contributed by atoms with Crippen molar-refractivity contribution in [1.29, 1.82) is 0 Å². The van der Waals surface area contributed by atoms with E-state index in [0.29, 0.717) is 29.4 Å². The first-order chi connectivity index (χ1) is 14.3. The SMILES string of the molecule is CC(=O)CCc1ccc(OCC(O)Cn2nc(C(N)=O)c3ccccc3c2=O)cc1. The highest BCUT2D eigenvalue weighted by atomic mass is 16.5. The third-order valence-electron chi connectivity index (χ3n) is 4.62. The number of aliphatic hydroxyl groups is 1. The van der Waals surface area contributed by atoms with Gasteiger partial charge in [0.15, 0.2) is 5.69 Å². The molecule has 3 aromatic rings. The lowest BCUT2D eigenvalue weighted by Gasteiger charge is -2.15. The number of ketones is 1. The predicted molar refractivity (Wildman–Crippen MR) is 111 cm³/mol. The first kappa shape index (κ1) is 21.2. The Hall–Kier alpha value is -3.52. The number of carbonyl (C=O) groups is 2. The quantitative estimate of drug-likeness (QED) is 0.551. The van der Waals surface area contributed by atoms with E-state index in [1.54, 1.807) is 43.3 Å². The maximum Gasteiger partial charge on any atom is 0.274 e. The van der Waals surface area contributed by atoms with E-state index in [9.17, 15) is 19.5 Å². The van der Waals surface area contributed by atoms with Crippen molar-refractivity contribution >= 4 is 22.5 Å². The Morgan fingerprint density at radius 2 is 1.80 bits per heavy atom. The summed E-state index contributed by atoms with van der Waals surface area (Å²) in [6, 6.07) is 13.8. The summed E-state index contributed by atoms with van der Waals surface area (Å²) in [6.45, 7) is 1.33.